The molecule has 21 heavy (non-hydrogen) atoms. The van der Waals surface area contributed by atoms with Crippen LogP contribution in [0.2, 0.25) is 0 Å². The standard InChI is InChI=1S/C16H22N4O/c1-2-8-17-13(4-1)16-19-14-5-3-9-18-15(14)20(16)12-6-10-21-11-7-12/h3,5,9,12-13,17H,1-2,4,6-8,10-11H2. The van der Waals surface area contributed by atoms with Gasteiger partial charge in [-0.25, -0.2) is 9.97 Å². The Morgan fingerprint density at radius 1 is 1.19 bits per heavy atom. The minimum absolute atomic E-state index is 0.371. The second-order valence-electron chi connectivity index (χ2n) is 6.03. The van der Waals surface area contributed by atoms with Gasteiger partial charge in [0.25, 0.3) is 0 Å². The summed E-state index contributed by atoms with van der Waals surface area (Å²) in [5.74, 6) is 1.18. The van der Waals surface area contributed by atoms with Crippen LogP contribution in [-0.2, 0) is 4.74 Å². The van der Waals surface area contributed by atoms with Gasteiger partial charge in [0.1, 0.15) is 11.3 Å². The fourth-order valence-corrected chi connectivity index (χ4v) is 3.57. The molecule has 0 saturated carbocycles. The van der Waals surface area contributed by atoms with Gasteiger partial charge in [0.05, 0.1) is 6.04 Å². The van der Waals surface area contributed by atoms with E-state index in [4.69, 9.17) is 9.72 Å². The summed E-state index contributed by atoms with van der Waals surface area (Å²) in [5, 5.41) is 3.63. The van der Waals surface area contributed by atoms with Gasteiger partial charge in [-0.3, -0.25) is 0 Å². The zero-order valence-corrected chi connectivity index (χ0v) is 12.3. The van der Waals surface area contributed by atoms with Crippen molar-refractivity contribution in [1.29, 1.82) is 0 Å². The number of rotatable bonds is 2. The van der Waals surface area contributed by atoms with Crippen molar-refractivity contribution in [3.05, 3.63) is 24.2 Å². The number of nitrogens with zero attached hydrogens (tertiary/aromatic N) is 3. The van der Waals surface area contributed by atoms with Crippen LogP contribution in [0.1, 0.15) is 50.0 Å². The van der Waals surface area contributed by atoms with Crippen molar-refractivity contribution in [3.63, 3.8) is 0 Å². The third kappa shape index (κ3) is 2.45. The third-order valence-electron chi connectivity index (χ3n) is 4.65. The molecule has 0 amide bonds. The number of aromatic nitrogens is 3. The average molecular weight is 286 g/mol. The molecule has 1 atom stereocenters. The summed E-state index contributed by atoms with van der Waals surface area (Å²) in [6.45, 7) is 2.78. The lowest BCUT2D eigenvalue weighted by Gasteiger charge is -2.29. The monoisotopic (exact) mass is 286 g/mol. The molecular formula is C16H22N4O. The van der Waals surface area contributed by atoms with Gasteiger partial charge >= 0.3 is 0 Å². The van der Waals surface area contributed by atoms with Crippen LogP contribution in [0.25, 0.3) is 11.2 Å². The van der Waals surface area contributed by atoms with Gasteiger partial charge in [-0.2, -0.15) is 0 Å². The molecular weight excluding hydrogens is 264 g/mol. The number of fused-ring (bicyclic) bond motifs is 1. The molecule has 2 aromatic heterocycles. The van der Waals surface area contributed by atoms with E-state index in [1.165, 1.54) is 25.1 Å². The Hall–Kier alpha value is -1.46. The fourth-order valence-electron chi connectivity index (χ4n) is 3.57. The van der Waals surface area contributed by atoms with Crippen LogP contribution in [0.4, 0.5) is 0 Å². The Morgan fingerprint density at radius 3 is 2.90 bits per heavy atom. The van der Waals surface area contributed by atoms with E-state index in [1.807, 2.05) is 12.3 Å². The number of imidazole rings is 1. The number of pyridine rings is 1. The lowest BCUT2D eigenvalue weighted by Crippen LogP contribution is -2.31. The number of nitrogens with one attached hydrogen (secondary N) is 1. The Labute approximate surface area is 124 Å². The van der Waals surface area contributed by atoms with Crippen molar-refractivity contribution in [3.8, 4) is 0 Å². The van der Waals surface area contributed by atoms with E-state index in [2.05, 4.69) is 20.9 Å². The molecule has 112 valence electrons. The number of ether oxygens (including phenoxy) is 1. The first kappa shape index (κ1) is 13.2. The summed E-state index contributed by atoms with van der Waals surface area (Å²) in [6.07, 6.45) is 7.71. The van der Waals surface area contributed by atoms with Crippen LogP contribution in [0.15, 0.2) is 18.3 Å². The normalized spacial score (nSPS) is 24.5. The van der Waals surface area contributed by atoms with E-state index in [0.717, 1.165) is 43.8 Å². The molecule has 2 saturated heterocycles. The van der Waals surface area contributed by atoms with Gasteiger partial charge in [-0.15, -0.1) is 0 Å². The second-order valence-corrected chi connectivity index (χ2v) is 6.03. The summed E-state index contributed by atoms with van der Waals surface area (Å²) >= 11 is 0. The lowest BCUT2D eigenvalue weighted by molar-refractivity contribution is 0.0691. The maximum atomic E-state index is 5.53. The van der Waals surface area contributed by atoms with Crippen molar-refractivity contribution >= 4 is 11.2 Å². The van der Waals surface area contributed by atoms with Crippen LogP contribution in [0, 0.1) is 0 Å². The van der Waals surface area contributed by atoms with Crippen LogP contribution in [0.5, 0.6) is 0 Å². The first-order valence-electron chi connectivity index (χ1n) is 8.07. The Kier molecular flexibility index (Phi) is 3.61. The Balaban J connectivity index is 1.79. The molecule has 0 spiro atoms. The zero-order chi connectivity index (χ0) is 14.1. The van der Waals surface area contributed by atoms with Gasteiger partial charge < -0.3 is 14.6 Å². The number of hydrogen-bond donors (Lipinski definition) is 1. The first-order valence-corrected chi connectivity index (χ1v) is 8.07. The highest BCUT2D eigenvalue weighted by Gasteiger charge is 2.27. The van der Waals surface area contributed by atoms with Crippen molar-refractivity contribution < 1.29 is 4.74 Å². The second kappa shape index (κ2) is 5.73. The van der Waals surface area contributed by atoms with Crippen LogP contribution < -0.4 is 5.32 Å². The Morgan fingerprint density at radius 2 is 2.10 bits per heavy atom. The molecule has 2 fully saturated rings. The summed E-state index contributed by atoms with van der Waals surface area (Å²) in [7, 11) is 0. The summed E-state index contributed by atoms with van der Waals surface area (Å²) < 4.78 is 7.92. The Bertz CT molecular complexity index is 612. The number of piperidine rings is 1. The van der Waals surface area contributed by atoms with Crippen LogP contribution in [0.3, 0.4) is 0 Å². The molecule has 0 radical (unpaired) electrons. The molecule has 4 heterocycles. The molecule has 5 heteroatoms. The molecule has 0 aliphatic carbocycles. The van der Waals surface area contributed by atoms with Gasteiger partial charge in [-0.05, 0) is 44.4 Å². The maximum Gasteiger partial charge on any atom is 0.160 e. The molecule has 0 bridgehead atoms. The highest BCUT2D eigenvalue weighted by Crippen LogP contribution is 2.32. The molecule has 2 aliphatic heterocycles. The van der Waals surface area contributed by atoms with Crippen LogP contribution >= 0.6 is 0 Å². The molecule has 5 nitrogen and oxygen atoms in total. The minimum Gasteiger partial charge on any atom is -0.381 e. The van der Waals surface area contributed by atoms with E-state index < -0.39 is 0 Å². The summed E-state index contributed by atoms with van der Waals surface area (Å²) in [5.41, 5.74) is 2.05. The van der Waals surface area contributed by atoms with E-state index in [1.54, 1.807) is 0 Å². The summed E-state index contributed by atoms with van der Waals surface area (Å²) in [4.78, 5) is 9.51. The summed E-state index contributed by atoms with van der Waals surface area (Å²) in [6, 6.07) is 4.89. The van der Waals surface area contributed by atoms with Crippen molar-refractivity contribution in [2.75, 3.05) is 19.8 Å². The molecule has 1 unspecified atom stereocenters. The van der Waals surface area contributed by atoms with E-state index >= 15 is 0 Å². The number of hydrogen-bond acceptors (Lipinski definition) is 4. The van der Waals surface area contributed by atoms with Gasteiger partial charge in [-0.1, -0.05) is 6.42 Å². The largest absolute Gasteiger partial charge is 0.381 e. The zero-order valence-electron chi connectivity index (χ0n) is 12.3. The SMILES string of the molecule is c1cnc2c(c1)nc(C1CCCCN1)n2C1CCOCC1. The van der Waals surface area contributed by atoms with Crippen molar-refractivity contribution in [1.82, 2.24) is 19.9 Å². The predicted molar refractivity (Wildman–Crippen MR) is 81.2 cm³/mol. The molecule has 0 aromatic carbocycles. The van der Waals surface area contributed by atoms with E-state index in [-0.39, 0.29) is 0 Å². The quantitative estimate of drug-likeness (QED) is 0.922. The average Bonchev–Trinajstić information content (AvgIpc) is 2.96. The smallest absolute Gasteiger partial charge is 0.160 e. The van der Waals surface area contributed by atoms with E-state index in [0.29, 0.717) is 12.1 Å². The fraction of sp³-hybridized carbons (Fsp3) is 0.625. The highest BCUT2D eigenvalue weighted by molar-refractivity contribution is 5.71. The lowest BCUT2D eigenvalue weighted by atomic mass is 10.0. The molecule has 4 rings (SSSR count). The third-order valence-corrected chi connectivity index (χ3v) is 4.65. The van der Waals surface area contributed by atoms with Crippen LogP contribution in [-0.4, -0.2) is 34.3 Å². The predicted octanol–water partition coefficient (Wildman–Crippen LogP) is 2.60. The van der Waals surface area contributed by atoms with Crippen molar-refractivity contribution in [2.24, 2.45) is 0 Å². The van der Waals surface area contributed by atoms with Gasteiger partial charge in [0, 0.05) is 25.5 Å². The van der Waals surface area contributed by atoms with Gasteiger partial charge in [0.2, 0.25) is 0 Å². The highest BCUT2D eigenvalue weighted by atomic mass is 16.5. The van der Waals surface area contributed by atoms with Crippen molar-refractivity contribution in [2.45, 2.75) is 44.2 Å². The maximum absolute atomic E-state index is 5.53. The molecule has 2 aromatic rings. The molecule has 2 aliphatic rings. The minimum atomic E-state index is 0.371. The van der Waals surface area contributed by atoms with Gasteiger partial charge in [0.15, 0.2) is 5.65 Å². The topological polar surface area (TPSA) is 52.0 Å². The first-order chi connectivity index (χ1) is 10.4. The molecule has 1 N–H and O–H groups in total. The van der Waals surface area contributed by atoms with E-state index in [9.17, 15) is 0 Å².